The molecule has 1 N–H and O–H groups in total. The second-order valence-corrected chi connectivity index (χ2v) is 5.78. The van der Waals surface area contributed by atoms with Crippen LogP contribution in [0.3, 0.4) is 0 Å². The summed E-state index contributed by atoms with van der Waals surface area (Å²) in [5, 5.41) is 3.38. The van der Waals surface area contributed by atoms with E-state index in [4.69, 9.17) is 4.74 Å². The number of benzene rings is 1. The summed E-state index contributed by atoms with van der Waals surface area (Å²) in [5.74, 6) is 1.04. The maximum atomic E-state index is 6.05. The van der Waals surface area contributed by atoms with Gasteiger partial charge in [0.2, 0.25) is 0 Å². The molecule has 1 aromatic carbocycles. The summed E-state index contributed by atoms with van der Waals surface area (Å²) in [6.07, 6.45) is 8.09. The minimum Gasteiger partial charge on any atom is -0.374 e. The van der Waals surface area contributed by atoms with Crippen molar-refractivity contribution in [3.05, 3.63) is 35.4 Å². The molecule has 1 saturated carbocycles. The molecule has 0 amide bonds. The minimum atomic E-state index is 0.470. The number of nitrogens with one attached hydrogen (secondary N) is 1. The van der Waals surface area contributed by atoms with Gasteiger partial charge in [-0.1, -0.05) is 37.5 Å². The average Bonchev–Trinajstić information content (AvgIpc) is 2.55. The maximum Gasteiger partial charge on any atom is 0.128 e. The zero-order valence-corrected chi connectivity index (χ0v) is 12.1. The molecule has 0 atom stereocenters. The van der Waals surface area contributed by atoms with Crippen LogP contribution >= 0.6 is 0 Å². The third-order valence-electron chi connectivity index (χ3n) is 4.14. The van der Waals surface area contributed by atoms with Crippen LogP contribution in [0.25, 0.3) is 0 Å². The van der Waals surface area contributed by atoms with Gasteiger partial charge in [-0.15, -0.1) is 0 Å². The smallest absolute Gasteiger partial charge is 0.128 e. The van der Waals surface area contributed by atoms with Crippen LogP contribution in [0.5, 0.6) is 0 Å². The monoisotopic (exact) mass is 272 g/mol. The molecule has 1 aliphatic carbocycles. The summed E-state index contributed by atoms with van der Waals surface area (Å²) in [7, 11) is 0. The van der Waals surface area contributed by atoms with Gasteiger partial charge in [0, 0.05) is 18.7 Å². The van der Waals surface area contributed by atoms with Crippen molar-refractivity contribution in [1.29, 1.82) is 0 Å². The molecule has 0 saturated heterocycles. The number of ether oxygens (including phenoxy) is 1. The first kappa shape index (κ1) is 13.6. The van der Waals surface area contributed by atoms with Crippen LogP contribution in [0.4, 0.5) is 0 Å². The Kier molecular flexibility index (Phi) is 4.69. The van der Waals surface area contributed by atoms with Gasteiger partial charge in [-0.3, -0.25) is 4.99 Å². The van der Waals surface area contributed by atoms with E-state index >= 15 is 0 Å². The van der Waals surface area contributed by atoms with E-state index in [9.17, 15) is 0 Å². The first-order valence-corrected chi connectivity index (χ1v) is 7.91. The Labute approximate surface area is 121 Å². The molecule has 3 nitrogen and oxygen atoms in total. The van der Waals surface area contributed by atoms with Crippen LogP contribution in [-0.2, 0) is 11.3 Å². The SMILES string of the molecule is c1cc(COC2CCCCC2)cc(C2=NCCCN2)c1. The number of hydrogen-bond acceptors (Lipinski definition) is 3. The third kappa shape index (κ3) is 3.60. The Bertz CT molecular complexity index is 464. The largest absolute Gasteiger partial charge is 0.374 e. The summed E-state index contributed by atoms with van der Waals surface area (Å²) < 4.78 is 6.05. The maximum absolute atomic E-state index is 6.05. The third-order valence-corrected chi connectivity index (χ3v) is 4.14. The molecule has 1 aliphatic heterocycles. The highest BCUT2D eigenvalue weighted by atomic mass is 16.5. The predicted molar refractivity (Wildman–Crippen MR) is 82.1 cm³/mol. The molecule has 0 radical (unpaired) electrons. The number of amidine groups is 1. The zero-order valence-electron chi connectivity index (χ0n) is 12.1. The van der Waals surface area contributed by atoms with Gasteiger partial charge in [0.15, 0.2) is 0 Å². The van der Waals surface area contributed by atoms with Crippen LogP contribution in [0, 0.1) is 0 Å². The lowest BCUT2D eigenvalue weighted by molar-refractivity contribution is 0.0168. The highest BCUT2D eigenvalue weighted by molar-refractivity contribution is 5.99. The van der Waals surface area contributed by atoms with Crippen molar-refractivity contribution in [3.8, 4) is 0 Å². The van der Waals surface area contributed by atoms with Crippen molar-refractivity contribution in [2.24, 2.45) is 4.99 Å². The molecule has 0 spiro atoms. The topological polar surface area (TPSA) is 33.6 Å². The standard InChI is InChI=1S/C17H24N2O/c1-2-8-16(9-3-1)20-13-14-6-4-7-15(12-14)17-18-10-5-11-19-17/h4,6-7,12,16H,1-3,5,8-11,13H2,(H,18,19). The van der Waals surface area contributed by atoms with Gasteiger partial charge >= 0.3 is 0 Å². The van der Waals surface area contributed by atoms with Gasteiger partial charge in [-0.2, -0.15) is 0 Å². The first-order chi connectivity index (χ1) is 9.92. The molecule has 108 valence electrons. The summed E-state index contributed by atoms with van der Waals surface area (Å²) in [6, 6.07) is 8.59. The Morgan fingerprint density at radius 1 is 1.15 bits per heavy atom. The molecule has 20 heavy (non-hydrogen) atoms. The Balaban J connectivity index is 1.60. The van der Waals surface area contributed by atoms with Gasteiger partial charge in [-0.25, -0.2) is 0 Å². The van der Waals surface area contributed by atoms with E-state index in [1.165, 1.54) is 43.2 Å². The summed E-state index contributed by atoms with van der Waals surface area (Å²) in [4.78, 5) is 4.56. The quantitative estimate of drug-likeness (QED) is 0.912. The molecule has 3 heteroatoms. The second kappa shape index (κ2) is 6.89. The number of aliphatic imine (C=N–C) groups is 1. The van der Waals surface area contributed by atoms with E-state index in [0.29, 0.717) is 6.10 Å². The van der Waals surface area contributed by atoms with Crippen LogP contribution < -0.4 is 5.32 Å². The normalized spacial score (nSPS) is 20.3. The van der Waals surface area contributed by atoms with Crippen LogP contribution in [0.1, 0.15) is 49.7 Å². The fourth-order valence-corrected chi connectivity index (χ4v) is 2.98. The number of hydrogen-bond donors (Lipinski definition) is 1. The molecule has 1 aromatic rings. The van der Waals surface area contributed by atoms with Crippen LogP contribution in [0.2, 0.25) is 0 Å². The molecule has 1 fully saturated rings. The lowest BCUT2D eigenvalue weighted by Gasteiger charge is -2.22. The van der Waals surface area contributed by atoms with E-state index in [2.05, 4.69) is 34.6 Å². The van der Waals surface area contributed by atoms with E-state index in [1.54, 1.807) is 0 Å². The zero-order chi connectivity index (χ0) is 13.6. The summed E-state index contributed by atoms with van der Waals surface area (Å²) >= 11 is 0. The lowest BCUT2D eigenvalue weighted by atomic mass is 9.98. The van der Waals surface area contributed by atoms with Crippen molar-refractivity contribution in [3.63, 3.8) is 0 Å². The highest BCUT2D eigenvalue weighted by Gasteiger charge is 2.14. The Hall–Kier alpha value is -1.35. The van der Waals surface area contributed by atoms with Crippen molar-refractivity contribution in [2.45, 2.75) is 51.2 Å². The van der Waals surface area contributed by atoms with Gasteiger partial charge in [0.1, 0.15) is 5.84 Å². The summed E-state index contributed by atoms with van der Waals surface area (Å²) in [6.45, 7) is 2.69. The Morgan fingerprint density at radius 2 is 2.05 bits per heavy atom. The summed E-state index contributed by atoms with van der Waals surface area (Å²) in [5.41, 5.74) is 2.44. The van der Waals surface area contributed by atoms with Gasteiger partial charge < -0.3 is 10.1 Å². The van der Waals surface area contributed by atoms with Gasteiger partial charge in [-0.05, 0) is 30.9 Å². The fourth-order valence-electron chi connectivity index (χ4n) is 2.98. The fraction of sp³-hybridized carbons (Fsp3) is 0.588. The molecular formula is C17H24N2O. The molecule has 0 unspecified atom stereocenters. The molecular weight excluding hydrogens is 248 g/mol. The molecule has 3 rings (SSSR count). The first-order valence-electron chi connectivity index (χ1n) is 7.91. The van der Waals surface area contributed by atoms with Crippen molar-refractivity contribution >= 4 is 5.84 Å². The van der Waals surface area contributed by atoms with E-state index in [-0.39, 0.29) is 0 Å². The van der Waals surface area contributed by atoms with Gasteiger partial charge in [0.25, 0.3) is 0 Å². The van der Waals surface area contributed by atoms with E-state index in [1.807, 2.05) is 0 Å². The van der Waals surface area contributed by atoms with Crippen molar-refractivity contribution < 1.29 is 4.74 Å². The Morgan fingerprint density at radius 3 is 2.85 bits per heavy atom. The molecule has 1 heterocycles. The average molecular weight is 272 g/mol. The lowest BCUT2D eigenvalue weighted by Crippen LogP contribution is -2.30. The molecule has 0 aromatic heterocycles. The van der Waals surface area contributed by atoms with E-state index < -0.39 is 0 Å². The highest BCUT2D eigenvalue weighted by Crippen LogP contribution is 2.21. The van der Waals surface area contributed by atoms with E-state index in [0.717, 1.165) is 32.0 Å². The van der Waals surface area contributed by atoms with Crippen LogP contribution in [0.15, 0.2) is 29.3 Å². The number of rotatable bonds is 4. The predicted octanol–water partition coefficient (Wildman–Crippen LogP) is 3.28. The van der Waals surface area contributed by atoms with Crippen molar-refractivity contribution in [2.75, 3.05) is 13.1 Å². The molecule has 2 aliphatic rings. The second-order valence-electron chi connectivity index (χ2n) is 5.78. The van der Waals surface area contributed by atoms with Crippen LogP contribution in [-0.4, -0.2) is 25.0 Å². The van der Waals surface area contributed by atoms with Crippen molar-refractivity contribution in [1.82, 2.24) is 5.32 Å². The number of nitrogens with zero attached hydrogens (tertiary/aromatic N) is 1. The van der Waals surface area contributed by atoms with Gasteiger partial charge in [0.05, 0.1) is 12.7 Å². The molecule has 0 bridgehead atoms. The minimum absolute atomic E-state index is 0.470.